The van der Waals surface area contributed by atoms with Gasteiger partial charge in [-0.05, 0) is 37.5 Å². The zero-order valence-corrected chi connectivity index (χ0v) is 14.8. The van der Waals surface area contributed by atoms with Gasteiger partial charge >= 0.3 is 0 Å². The van der Waals surface area contributed by atoms with Crippen molar-refractivity contribution in [3.63, 3.8) is 0 Å². The third-order valence-electron chi connectivity index (χ3n) is 3.69. The van der Waals surface area contributed by atoms with Crippen LogP contribution in [0.5, 0.6) is 5.75 Å². The van der Waals surface area contributed by atoms with E-state index in [0.29, 0.717) is 30.4 Å². The summed E-state index contributed by atoms with van der Waals surface area (Å²) < 4.78 is 33.0. The van der Waals surface area contributed by atoms with Gasteiger partial charge in [0.05, 0.1) is 17.1 Å². The maximum absolute atomic E-state index is 12.4. The minimum atomic E-state index is -3.60. The smallest absolute Gasteiger partial charge is 0.240 e. The molecule has 2 rings (SSSR count). The van der Waals surface area contributed by atoms with Crippen LogP contribution in [0.3, 0.4) is 0 Å². The number of rotatable bonds is 5. The first-order valence-electron chi connectivity index (χ1n) is 7.79. The second-order valence-corrected chi connectivity index (χ2v) is 8.03. The highest BCUT2D eigenvalue weighted by Crippen LogP contribution is 2.35. The van der Waals surface area contributed by atoms with Crippen molar-refractivity contribution < 1.29 is 17.9 Å². The first-order chi connectivity index (χ1) is 10.7. The average Bonchev–Trinajstić information content (AvgIpc) is 2.44. The van der Waals surface area contributed by atoms with Crippen LogP contribution in [-0.4, -0.2) is 33.5 Å². The number of nitrogens with one attached hydrogen (secondary N) is 1. The van der Waals surface area contributed by atoms with Gasteiger partial charge in [-0.25, -0.2) is 13.1 Å². The van der Waals surface area contributed by atoms with Crippen molar-refractivity contribution in [3.05, 3.63) is 18.2 Å². The fraction of sp³-hybridized carbons (Fsp3) is 0.562. The second-order valence-electron chi connectivity index (χ2n) is 6.27. The van der Waals surface area contributed by atoms with Gasteiger partial charge in [-0.3, -0.25) is 4.79 Å². The van der Waals surface area contributed by atoms with E-state index in [0.717, 1.165) is 6.42 Å². The van der Waals surface area contributed by atoms with Crippen LogP contribution < -0.4 is 14.4 Å². The molecule has 1 aliphatic rings. The van der Waals surface area contributed by atoms with Gasteiger partial charge in [-0.1, -0.05) is 13.8 Å². The number of fused-ring (bicyclic) bond motifs is 1. The number of carbonyl (C=O) groups excluding carboxylic acids is 1. The third-order valence-corrected chi connectivity index (χ3v) is 5.15. The molecule has 0 aromatic heterocycles. The Morgan fingerprint density at radius 3 is 2.74 bits per heavy atom. The molecule has 0 aliphatic carbocycles. The summed E-state index contributed by atoms with van der Waals surface area (Å²) in [5.41, 5.74) is 0.502. The Morgan fingerprint density at radius 1 is 1.43 bits per heavy atom. The summed E-state index contributed by atoms with van der Waals surface area (Å²) >= 11 is 0. The van der Waals surface area contributed by atoms with E-state index in [2.05, 4.69) is 4.72 Å². The molecule has 0 bridgehead atoms. The Balaban J connectivity index is 2.29. The van der Waals surface area contributed by atoms with Crippen LogP contribution >= 0.6 is 0 Å². The molecule has 1 aromatic carbocycles. The molecule has 1 aliphatic heterocycles. The van der Waals surface area contributed by atoms with Gasteiger partial charge in [0.2, 0.25) is 15.9 Å². The lowest BCUT2D eigenvalue weighted by molar-refractivity contribution is -0.117. The molecular formula is C16H24N2O4S. The minimum absolute atomic E-state index is 0.127. The lowest BCUT2D eigenvalue weighted by atomic mass is 10.1. The quantitative estimate of drug-likeness (QED) is 0.891. The summed E-state index contributed by atoms with van der Waals surface area (Å²) in [6.07, 6.45) is 0.641. The number of hydrogen-bond acceptors (Lipinski definition) is 4. The zero-order valence-electron chi connectivity index (χ0n) is 14.0. The molecule has 1 aromatic rings. The Labute approximate surface area is 137 Å². The molecule has 0 radical (unpaired) electrons. The largest absolute Gasteiger partial charge is 0.487 e. The van der Waals surface area contributed by atoms with Gasteiger partial charge in [-0.2, -0.15) is 0 Å². The van der Waals surface area contributed by atoms with E-state index in [1.165, 1.54) is 19.1 Å². The number of anilines is 1. The van der Waals surface area contributed by atoms with Crippen LogP contribution in [0, 0.1) is 5.92 Å². The number of amides is 1. The van der Waals surface area contributed by atoms with Crippen molar-refractivity contribution >= 4 is 21.6 Å². The van der Waals surface area contributed by atoms with Crippen molar-refractivity contribution in [1.29, 1.82) is 0 Å². The van der Waals surface area contributed by atoms with Crippen molar-refractivity contribution in [3.8, 4) is 5.75 Å². The zero-order chi connectivity index (χ0) is 17.2. The molecule has 1 heterocycles. The van der Waals surface area contributed by atoms with E-state index in [9.17, 15) is 13.2 Å². The Bertz CT molecular complexity index is 685. The van der Waals surface area contributed by atoms with Crippen LogP contribution in [0.4, 0.5) is 5.69 Å². The number of hydrogen-bond donors (Lipinski definition) is 1. The van der Waals surface area contributed by atoms with Gasteiger partial charge < -0.3 is 9.64 Å². The molecule has 0 saturated heterocycles. The molecule has 0 unspecified atom stereocenters. The summed E-state index contributed by atoms with van der Waals surface area (Å²) in [6, 6.07) is 4.62. The first kappa shape index (κ1) is 17.7. The maximum Gasteiger partial charge on any atom is 0.240 e. The summed E-state index contributed by atoms with van der Waals surface area (Å²) in [7, 11) is -3.60. The number of ether oxygens (including phenoxy) is 1. The van der Waals surface area contributed by atoms with Crippen LogP contribution in [0.2, 0.25) is 0 Å². The predicted octanol–water partition coefficient (Wildman–Crippen LogP) is 2.14. The fourth-order valence-corrected chi connectivity index (χ4v) is 3.52. The van der Waals surface area contributed by atoms with E-state index >= 15 is 0 Å². The van der Waals surface area contributed by atoms with Crippen LogP contribution in [0.15, 0.2) is 23.1 Å². The second kappa shape index (κ2) is 6.88. The lowest BCUT2D eigenvalue weighted by Crippen LogP contribution is -2.41. The minimum Gasteiger partial charge on any atom is -0.487 e. The van der Waals surface area contributed by atoms with Crippen LogP contribution in [0.25, 0.3) is 0 Å². The number of nitrogens with zero attached hydrogens (tertiary/aromatic N) is 1. The van der Waals surface area contributed by atoms with E-state index in [1.54, 1.807) is 11.0 Å². The first-order valence-corrected chi connectivity index (χ1v) is 9.27. The van der Waals surface area contributed by atoms with Crippen molar-refractivity contribution in [2.75, 3.05) is 18.0 Å². The highest BCUT2D eigenvalue weighted by Gasteiger charge is 2.27. The fourth-order valence-electron chi connectivity index (χ4n) is 2.45. The van der Waals surface area contributed by atoms with Crippen molar-refractivity contribution in [2.45, 2.75) is 45.1 Å². The van der Waals surface area contributed by atoms with Crippen molar-refractivity contribution in [2.24, 2.45) is 5.92 Å². The number of sulfonamides is 1. The van der Waals surface area contributed by atoms with Crippen LogP contribution in [0.1, 0.15) is 34.1 Å². The lowest BCUT2D eigenvalue weighted by Gasteiger charge is -2.33. The summed E-state index contributed by atoms with van der Waals surface area (Å²) in [4.78, 5) is 13.5. The third kappa shape index (κ3) is 4.23. The highest BCUT2D eigenvalue weighted by atomic mass is 32.2. The molecule has 1 N–H and O–H groups in total. The molecule has 1 amide bonds. The highest BCUT2D eigenvalue weighted by molar-refractivity contribution is 7.89. The molecule has 6 nitrogen and oxygen atoms in total. The standard InChI is InChI=1S/C16H24N2O4S/c1-11(2)7-8-17-23(20,21)14-5-6-16-15(9-14)18(13(4)19)10-12(3)22-16/h5-6,9,11-12,17H,7-8,10H2,1-4H3/t12-/m0/s1. The molecule has 0 fully saturated rings. The molecule has 7 heteroatoms. The van der Waals surface area contributed by atoms with Gasteiger partial charge in [0.25, 0.3) is 0 Å². The Hall–Kier alpha value is -1.60. The Kier molecular flexibility index (Phi) is 5.31. The normalized spacial score (nSPS) is 17.8. The molecule has 23 heavy (non-hydrogen) atoms. The average molecular weight is 340 g/mol. The molecule has 0 saturated carbocycles. The maximum atomic E-state index is 12.4. The monoisotopic (exact) mass is 340 g/mol. The molecule has 1 atom stereocenters. The number of benzene rings is 1. The van der Waals surface area contributed by atoms with Gasteiger partial charge in [0, 0.05) is 13.5 Å². The molecule has 128 valence electrons. The van der Waals surface area contributed by atoms with E-state index in [1.807, 2.05) is 20.8 Å². The SMILES string of the molecule is CC(=O)N1C[C@H](C)Oc2ccc(S(=O)(=O)NCCC(C)C)cc21. The van der Waals surface area contributed by atoms with Gasteiger partial charge in [0.1, 0.15) is 11.9 Å². The molecular weight excluding hydrogens is 316 g/mol. The van der Waals surface area contributed by atoms with E-state index in [4.69, 9.17) is 4.74 Å². The van der Waals surface area contributed by atoms with Crippen LogP contribution in [-0.2, 0) is 14.8 Å². The summed E-state index contributed by atoms with van der Waals surface area (Å²) in [5, 5.41) is 0. The van der Waals surface area contributed by atoms with Gasteiger partial charge in [-0.15, -0.1) is 0 Å². The van der Waals surface area contributed by atoms with E-state index in [-0.39, 0.29) is 16.9 Å². The molecule has 0 spiro atoms. The summed E-state index contributed by atoms with van der Waals surface area (Å²) in [5.74, 6) is 0.813. The summed E-state index contributed by atoms with van der Waals surface area (Å²) in [6.45, 7) is 8.21. The Morgan fingerprint density at radius 2 is 2.13 bits per heavy atom. The topological polar surface area (TPSA) is 75.7 Å². The van der Waals surface area contributed by atoms with E-state index < -0.39 is 10.0 Å². The van der Waals surface area contributed by atoms with Crippen molar-refractivity contribution in [1.82, 2.24) is 4.72 Å². The predicted molar refractivity (Wildman–Crippen MR) is 89.2 cm³/mol. The van der Waals surface area contributed by atoms with Gasteiger partial charge in [0.15, 0.2) is 0 Å². The number of carbonyl (C=O) groups is 1.